The number of hydrogen-bond donors (Lipinski definition) is 2. The van der Waals surface area contributed by atoms with Gasteiger partial charge in [-0.05, 0) is 38.2 Å². The van der Waals surface area contributed by atoms with Gasteiger partial charge in [-0.25, -0.2) is 14.5 Å². The first-order valence-electron chi connectivity index (χ1n) is 10.6. The fraction of sp³-hybridized carbons (Fsp3) is 0.455. The number of rotatable bonds is 7. The van der Waals surface area contributed by atoms with Crippen LogP contribution in [-0.4, -0.2) is 49.9 Å². The summed E-state index contributed by atoms with van der Waals surface area (Å²) in [5.74, 6) is 1.82. The Bertz CT molecular complexity index is 1090. The van der Waals surface area contributed by atoms with Crippen LogP contribution >= 0.6 is 0 Å². The van der Waals surface area contributed by atoms with Gasteiger partial charge in [-0.3, -0.25) is 4.79 Å². The van der Waals surface area contributed by atoms with Crippen molar-refractivity contribution in [2.45, 2.75) is 50.9 Å². The molecular weight excluding hydrogens is 398 g/mol. The van der Waals surface area contributed by atoms with Gasteiger partial charge in [0.15, 0.2) is 17.4 Å². The Morgan fingerprint density at radius 1 is 1.26 bits per heavy atom. The van der Waals surface area contributed by atoms with Crippen LogP contribution in [0, 0.1) is 5.92 Å². The first-order chi connectivity index (χ1) is 15.1. The van der Waals surface area contributed by atoms with E-state index in [4.69, 9.17) is 9.47 Å². The van der Waals surface area contributed by atoms with Gasteiger partial charge < -0.3 is 19.9 Å². The highest BCUT2D eigenvalue weighted by atomic mass is 16.5. The molecule has 9 heteroatoms. The zero-order valence-electron chi connectivity index (χ0n) is 17.3. The minimum atomic E-state index is -0.398. The Kier molecular flexibility index (Phi) is 5.29. The number of aliphatic hydroxyl groups is 1. The van der Waals surface area contributed by atoms with Crippen LogP contribution in [0.4, 0.5) is 5.82 Å². The molecule has 3 aromatic heterocycles. The molecule has 9 nitrogen and oxygen atoms in total. The van der Waals surface area contributed by atoms with E-state index < -0.39 is 6.10 Å². The summed E-state index contributed by atoms with van der Waals surface area (Å²) in [6, 6.07) is 3.69. The molecule has 3 heterocycles. The van der Waals surface area contributed by atoms with Crippen LogP contribution in [0.1, 0.15) is 37.9 Å². The van der Waals surface area contributed by atoms with Gasteiger partial charge in [-0.1, -0.05) is 0 Å². The number of carbonyl (C=O) groups excluding carboxylic acids is 1. The smallest absolute Gasteiger partial charge is 0.228 e. The molecule has 2 N–H and O–H groups in total. The fourth-order valence-electron chi connectivity index (χ4n) is 3.96. The molecular formula is C22H25N5O4. The molecule has 2 saturated carbocycles. The lowest BCUT2D eigenvalue weighted by Crippen LogP contribution is -2.22. The lowest BCUT2D eigenvalue weighted by atomic mass is 10.1. The summed E-state index contributed by atoms with van der Waals surface area (Å²) in [5, 5.41) is 17.2. The van der Waals surface area contributed by atoms with Crippen LogP contribution in [0.25, 0.3) is 16.6 Å². The van der Waals surface area contributed by atoms with Crippen molar-refractivity contribution in [2.24, 2.45) is 5.92 Å². The molecule has 0 saturated heterocycles. The first-order valence-corrected chi connectivity index (χ1v) is 10.6. The zero-order valence-corrected chi connectivity index (χ0v) is 17.3. The van der Waals surface area contributed by atoms with E-state index in [0.717, 1.165) is 48.7 Å². The Balaban J connectivity index is 1.35. The summed E-state index contributed by atoms with van der Waals surface area (Å²) < 4.78 is 13.1. The molecule has 31 heavy (non-hydrogen) atoms. The molecule has 162 valence electrons. The number of hydrogen-bond acceptors (Lipinski definition) is 7. The lowest BCUT2D eigenvalue weighted by molar-refractivity contribution is -0.117. The number of methoxy groups -OCH3 is 1. The summed E-state index contributed by atoms with van der Waals surface area (Å²) in [5.41, 5.74) is 2.37. The van der Waals surface area contributed by atoms with Crippen molar-refractivity contribution in [3.63, 3.8) is 0 Å². The maximum atomic E-state index is 12.0. The molecule has 0 aromatic carbocycles. The van der Waals surface area contributed by atoms with Gasteiger partial charge in [0, 0.05) is 41.7 Å². The quantitative estimate of drug-likeness (QED) is 0.601. The van der Waals surface area contributed by atoms with E-state index in [1.165, 1.54) is 0 Å². The molecule has 0 bridgehead atoms. The third kappa shape index (κ3) is 4.11. The number of aliphatic hydroxyl groups excluding tert-OH is 1. The number of ether oxygens (including phenoxy) is 2. The molecule has 5 rings (SSSR count). The Morgan fingerprint density at radius 3 is 2.74 bits per heavy atom. The first kappa shape index (κ1) is 19.9. The molecule has 2 fully saturated rings. The average Bonchev–Trinajstić information content (AvgIpc) is 3.44. The van der Waals surface area contributed by atoms with E-state index in [2.05, 4.69) is 20.4 Å². The maximum absolute atomic E-state index is 12.0. The van der Waals surface area contributed by atoms with Crippen LogP contribution in [0.3, 0.4) is 0 Å². The van der Waals surface area contributed by atoms with Gasteiger partial charge in [0.25, 0.3) is 0 Å². The van der Waals surface area contributed by atoms with Crippen molar-refractivity contribution in [3.05, 3.63) is 36.5 Å². The van der Waals surface area contributed by atoms with Gasteiger partial charge in [-0.15, -0.1) is 5.10 Å². The fourth-order valence-corrected chi connectivity index (χ4v) is 3.96. The van der Waals surface area contributed by atoms with Crippen LogP contribution in [0.15, 0.2) is 30.7 Å². The SMILES string of the molecule is COc1c(-c2cnc(CO[C@H]3CCC[C@H]3O)nc2)ccn2nc(NC(=O)C3CC3)cc12. The molecule has 2 atom stereocenters. The summed E-state index contributed by atoms with van der Waals surface area (Å²) >= 11 is 0. The predicted octanol–water partition coefficient (Wildman–Crippen LogP) is 2.58. The Labute approximate surface area is 179 Å². The molecule has 3 aromatic rings. The number of nitrogens with zero attached hydrogens (tertiary/aromatic N) is 4. The van der Waals surface area contributed by atoms with Gasteiger partial charge >= 0.3 is 0 Å². The predicted molar refractivity (Wildman–Crippen MR) is 113 cm³/mol. The van der Waals surface area contributed by atoms with Crippen molar-refractivity contribution >= 4 is 17.2 Å². The molecule has 2 aliphatic rings. The van der Waals surface area contributed by atoms with Crippen molar-refractivity contribution in [1.82, 2.24) is 19.6 Å². The Morgan fingerprint density at radius 2 is 2.06 bits per heavy atom. The molecule has 0 unspecified atom stereocenters. The maximum Gasteiger partial charge on any atom is 0.228 e. The monoisotopic (exact) mass is 423 g/mol. The number of anilines is 1. The average molecular weight is 423 g/mol. The van der Waals surface area contributed by atoms with E-state index in [1.54, 1.807) is 30.1 Å². The highest BCUT2D eigenvalue weighted by molar-refractivity contribution is 5.94. The largest absolute Gasteiger partial charge is 0.494 e. The second-order valence-corrected chi connectivity index (χ2v) is 8.12. The third-order valence-corrected chi connectivity index (χ3v) is 5.86. The van der Waals surface area contributed by atoms with Crippen molar-refractivity contribution in [3.8, 4) is 16.9 Å². The highest BCUT2D eigenvalue weighted by Crippen LogP contribution is 2.35. The number of carbonyl (C=O) groups is 1. The number of pyridine rings is 1. The molecule has 1 amide bonds. The minimum absolute atomic E-state index is 0.0129. The van der Waals surface area contributed by atoms with E-state index in [1.807, 2.05) is 12.3 Å². The number of aromatic nitrogens is 4. The van der Waals surface area contributed by atoms with Gasteiger partial charge in [0.05, 0.1) is 19.3 Å². The normalized spacial score (nSPS) is 20.8. The summed E-state index contributed by atoms with van der Waals surface area (Å²) in [4.78, 5) is 20.9. The van der Waals surface area contributed by atoms with E-state index >= 15 is 0 Å². The van der Waals surface area contributed by atoms with E-state index in [-0.39, 0.29) is 24.5 Å². The van der Waals surface area contributed by atoms with Gasteiger partial charge in [0.2, 0.25) is 5.91 Å². The van der Waals surface area contributed by atoms with Crippen LogP contribution < -0.4 is 10.1 Å². The van der Waals surface area contributed by atoms with Gasteiger partial charge in [0.1, 0.15) is 12.1 Å². The number of amides is 1. The van der Waals surface area contributed by atoms with Crippen LogP contribution in [-0.2, 0) is 16.1 Å². The standard InChI is InChI=1S/C22H25N5O4/c1-30-21-15(7-8-27-16(21)9-19(26-27)25-22(29)13-5-6-13)14-10-23-20(24-11-14)12-31-18-4-2-3-17(18)28/h7-11,13,17-18,28H,2-6,12H2,1H3,(H,25,26,29)/t17-,18+/m1/s1. The molecule has 0 aliphatic heterocycles. The Hall–Kier alpha value is -3.04. The minimum Gasteiger partial charge on any atom is -0.494 e. The molecule has 0 spiro atoms. The third-order valence-electron chi connectivity index (χ3n) is 5.86. The van der Waals surface area contributed by atoms with E-state index in [0.29, 0.717) is 17.4 Å². The van der Waals surface area contributed by atoms with Crippen molar-refractivity contribution in [2.75, 3.05) is 12.4 Å². The summed E-state index contributed by atoms with van der Waals surface area (Å²) in [7, 11) is 1.60. The lowest BCUT2D eigenvalue weighted by Gasteiger charge is -2.15. The molecule has 2 aliphatic carbocycles. The second-order valence-electron chi connectivity index (χ2n) is 8.12. The number of nitrogens with one attached hydrogen (secondary N) is 1. The topological polar surface area (TPSA) is 111 Å². The summed E-state index contributed by atoms with van der Waals surface area (Å²) in [6.07, 6.45) is 9.26. The van der Waals surface area contributed by atoms with E-state index in [9.17, 15) is 9.90 Å². The van der Waals surface area contributed by atoms with Crippen molar-refractivity contribution < 1.29 is 19.4 Å². The van der Waals surface area contributed by atoms with Gasteiger partial charge in [-0.2, -0.15) is 0 Å². The summed E-state index contributed by atoms with van der Waals surface area (Å²) in [6.45, 7) is 0.269. The second kappa shape index (κ2) is 8.24. The van der Waals surface area contributed by atoms with Crippen LogP contribution in [0.5, 0.6) is 5.75 Å². The van der Waals surface area contributed by atoms with Crippen molar-refractivity contribution in [1.29, 1.82) is 0 Å². The molecule has 0 radical (unpaired) electrons. The highest BCUT2D eigenvalue weighted by Gasteiger charge is 2.30. The number of fused-ring (bicyclic) bond motifs is 1. The zero-order chi connectivity index (χ0) is 21.4. The van der Waals surface area contributed by atoms with Crippen LogP contribution in [0.2, 0.25) is 0 Å².